The molecule has 1 heterocycles. The molecule has 0 bridgehead atoms. The molecule has 1 aliphatic rings. The molecule has 0 amide bonds. The molecule has 1 unspecified atom stereocenters. The number of benzene rings is 4. The number of hydrogen-bond donors (Lipinski definition) is 0. The summed E-state index contributed by atoms with van der Waals surface area (Å²) in [7, 11) is 0. The van der Waals surface area contributed by atoms with Crippen molar-refractivity contribution < 1.29 is 9.63 Å². The number of carbonyl (C=O) groups excluding carboxylic acids is 1. The van der Waals surface area contributed by atoms with E-state index >= 15 is 0 Å². The minimum Gasteiger partial charge on any atom is -0.408 e. The first-order chi connectivity index (χ1) is 16.7. The maximum atomic E-state index is 13.9. The Hall–Kier alpha value is -3.66. The third kappa shape index (κ3) is 4.81. The Kier molecular flexibility index (Phi) is 6.57. The molecule has 0 aromatic heterocycles. The highest BCUT2D eigenvalue weighted by atomic mass is 35.5. The first-order valence-electron chi connectivity index (χ1n) is 11.3. The molecule has 1 atom stereocenters. The molecule has 0 saturated carbocycles. The molecule has 0 fully saturated rings. The van der Waals surface area contributed by atoms with E-state index in [4.69, 9.17) is 16.4 Å². The second-order valence-corrected chi connectivity index (χ2v) is 8.74. The topological polar surface area (TPSA) is 29.5 Å². The van der Waals surface area contributed by atoms with Gasteiger partial charge < -0.3 is 4.84 Å². The van der Waals surface area contributed by atoms with E-state index in [9.17, 15) is 4.79 Å². The van der Waals surface area contributed by atoms with Crippen molar-refractivity contribution in [2.24, 2.45) is 0 Å². The molecule has 0 spiro atoms. The molecule has 5 rings (SSSR count). The normalized spacial score (nSPS) is 15.9. The molecule has 4 heteroatoms. The lowest BCUT2D eigenvalue weighted by atomic mass is 9.90. The Morgan fingerprint density at radius 2 is 1.29 bits per heavy atom. The Balaban J connectivity index is 1.61. The third-order valence-electron chi connectivity index (χ3n) is 5.94. The van der Waals surface area contributed by atoms with Crippen molar-refractivity contribution in [3.63, 3.8) is 0 Å². The van der Waals surface area contributed by atoms with E-state index in [1.807, 2.05) is 71.8 Å². The number of hydrogen-bond acceptors (Lipinski definition) is 3. The summed E-state index contributed by atoms with van der Waals surface area (Å²) in [4.78, 5) is 20.4. The van der Waals surface area contributed by atoms with Crippen LogP contribution in [-0.4, -0.2) is 10.8 Å². The zero-order chi connectivity index (χ0) is 23.3. The van der Waals surface area contributed by atoms with Crippen LogP contribution in [0.5, 0.6) is 0 Å². The largest absolute Gasteiger partial charge is 0.408 e. The standard InChI is InChI=1S/C30H24ClNO2/c31-26-18-16-25(17-19-26)30(33)28-27(20-22-10-4-1-5-11-22)34-32(21-23-12-6-2-7-13-23)29(28)24-14-8-3-9-15-24/h1-19,29H,20-21H2. The summed E-state index contributed by atoms with van der Waals surface area (Å²) < 4.78 is 0. The van der Waals surface area contributed by atoms with Gasteiger partial charge in [-0.1, -0.05) is 103 Å². The van der Waals surface area contributed by atoms with Crippen molar-refractivity contribution in [2.75, 3.05) is 0 Å². The average molecular weight is 466 g/mol. The molecule has 4 aromatic carbocycles. The monoisotopic (exact) mass is 465 g/mol. The van der Waals surface area contributed by atoms with Crippen LogP contribution in [0.15, 0.2) is 127 Å². The van der Waals surface area contributed by atoms with Crippen molar-refractivity contribution in [1.82, 2.24) is 5.06 Å². The van der Waals surface area contributed by atoms with Crippen LogP contribution in [0, 0.1) is 0 Å². The van der Waals surface area contributed by atoms with Crippen LogP contribution in [0.2, 0.25) is 5.02 Å². The van der Waals surface area contributed by atoms with E-state index in [1.54, 1.807) is 24.3 Å². The lowest BCUT2D eigenvalue weighted by Crippen LogP contribution is -2.25. The second-order valence-electron chi connectivity index (χ2n) is 8.30. The Bertz CT molecular complexity index is 1290. The number of halogens is 1. The molecular weight excluding hydrogens is 442 g/mol. The lowest BCUT2D eigenvalue weighted by molar-refractivity contribution is -0.128. The average Bonchev–Trinajstić information content (AvgIpc) is 3.23. The highest BCUT2D eigenvalue weighted by Crippen LogP contribution is 2.42. The second kappa shape index (κ2) is 10.1. The highest BCUT2D eigenvalue weighted by molar-refractivity contribution is 6.30. The number of ketones is 1. The maximum Gasteiger partial charge on any atom is 0.194 e. The molecule has 168 valence electrons. The molecule has 3 nitrogen and oxygen atoms in total. The predicted octanol–water partition coefficient (Wildman–Crippen LogP) is 7.21. The van der Waals surface area contributed by atoms with Gasteiger partial charge in [-0.3, -0.25) is 4.79 Å². The molecule has 1 aliphatic heterocycles. The number of nitrogens with zero attached hydrogens (tertiary/aromatic N) is 1. The van der Waals surface area contributed by atoms with Crippen LogP contribution in [0.1, 0.15) is 33.1 Å². The van der Waals surface area contributed by atoms with Gasteiger partial charge in [-0.25, -0.2) is 0 Å². The first-order valence-corrected chi connectivity index (χ1v) is 11.7. The van der Waals surface area contributed by atoms with Gasteiger partial charge in [0.1, 0.15) is 11.8 Å². The molecule has 4 aromatic rings. The van der Waals surface area contributed by atoms with Gasteiger partial charge in [-0.05, 0) is 41.0 Å². The van der Waals surface area contributed by atoms with Gasteiger partial charge in [0.25, 0.3) is 0 Å². The predicted molar refractivity (Wildman–Crippen MR) is 135 cm³/mol. The van der Waals surface area contributed by atoms with Crippen molar-refractivity contribution in [1.29, 1.82) is 0 Å². The van der Waals surface area contributed by atoms with Crippen LogP contribution in [0.25, 0.3) is 0 Å². The van der Waals surface area contributed by atoms with E-state index in [0.717, 1.165) is 16.7 Å². The summed E-state index contributed by atoms with van der Waals surface area (Å²) in [6.45, 7) is 0.552. The van der Waals surface area contributed by atoms with Gasteiger partial charge in [0, 0.05) is 17.0 Å². The van der Waals surface area contributed by atoms with E-state index in [0.29, 0.717) is 34.9 Å². The van der Waals surface area contributed by atoms with Crippen LogP contribution in [0.4, 0.5) is 0 Å². The third-order valence-corrected chi connectivity index (χ3v) is 6.20. The number of allylic oxidation sites excluding steroid dienone is 1. The van der Waals surface area contributed by atoms with Crippen LogP contribution >= 0.6 is 11.6 Å². The van der Waals surface area contributed by atoms with Crippen molar-refractivity contribution >= 4 is 17.4 Å². The fraction of sp³-hybridized carbons (Fsp3) is 0.100. The fourth-order valence-electron chi connectivity index (χ4n) is 4.31. The highest BCUT2D eigenvalue weighted by Gasteiger charge is 2.40. The van der Waals surface area contributed by atoms with Crippen molar-refractivity contribution in [3.8, 4) is 0 Å². The van der Waals surface area contributed by atoms with Gasteiger partial charge >= 0.3 is 0 Å². The Morgan fingerprint density at radius 1 is 0.735 bits per heavy atom. The van der Waals surface area contributed by atoms with Crippen LogP contribution < -0.4 is 0 Å². The smallest absolute Gasteiger partial charge is 0.194 e. The van der Waals surface area contributed by atoms with Crippen molar-refractivity contribution in [3.05, 3.63) is 154 Å². The number of hydroxylamine groups is 2. The lowest BCUT2D eigenvalue weighted by Gasteiger charge is -2.25. The first kappa shape index (κ1) is 22.1. The SMILES string of the molecule is O=C(C1=C(Cc2ccccc2)ON(Cc2ccccc2)C1c1ccccc1)c1ccc(Cl)cc1. The van der Waals surface area contributed by atoms with Gasteiger partial charge in [0.15, 0.2) is 5.78 Å². The summed E-state index contributed by atoms with van der Waals surface area (Å²) >= 11 is 6.09. The maximum absolute atomic E-state index is 13.9. The molecule has 0 saturated heterocycles. The zero-order valence-corrected chi connectivity index (χ0v) is 19.4. The molecule has 0 radical (unpaired) electrons. The minimum absolute atomic E-state index is 0.0491. The minimum atomic E-state index is -0.330. The zero-order valence-electron chi connectivity index (χ0n) is 18.6. The quantitative estimate of drug-likeness (QED) is 0.270. The summed E-state index contributed by atoms with van der Waals surface area (Å²) in [5, 5.41) is 2.52. The van der Waals surface area contributed by atoms with E-state index in [-0.39, 0.29) is 11.8 Å². The van der Waals surface area contributed by atoms with Gasteiger partial charge in [0.05, 0.1) is 12.1 Å². The fourth-order valence-corrected chi connectivity index (χ4v) is 4.44. The van der Waals surface area contributed by atoms with Crippen LogP contribution in [-0.2, 0) is 17.8 Å². The molecule has 34 heavy (non-hydrogen) atoms. The summed E-state index contributed by atoms with van der Waals surface area (Å²) in [6, 6.07) is 37.1. The summed E-state index contributed by atoms with van der Waals surface area (Å²) in [5.41, 5.74) is 4.47. The Morgan fingerprint density at radius 3 is 1.91 bits per heavy atom. The Labute approximate surface area is 204 Å². The van der Waals surface area contributed by atoms with Crippen molar-refractivity contribution in [2.45, 2.75) is 19.0 Å². The molecule has 0 aliphatic carbocycles. The van der Waals surface area contributed by atoms with Gasteiger partial charge in [0.2, 0.25) is 0 Å². The van der Waals surface area contributed by atoms with Crippen LogP contribution in [0.3, 0.4) is 0 Å². The van der Waals surface area contributed by atoms with E-state index in [2.05, 4.69) is 24.3 Å². The van der Waals surface area contributed by atoms with Gasteiger partial charge in [-0.15, -0.1) is 5.06 Å². The summed E-state index contributed by atoms with van der Waals surface area (Å²) in [5.74, 6) is 0.628. The number of Topliss-reactive ketones (excluding diaryl/α,β-unsaturated/α-hetero) is 1. The number of rotatable bonds is 7. The molecular formula is C30H24ClNO2. The number of carbonyl (C=O) groups is 1. The molecule has 0 N–H and O–H groups in total. The van der Waals surface area contributed by atoms with Gasteiger partial charge in [-0.2, -0.15) is 0 Å². The van der Waals surface area contributed by atoms with E-state index < -0.39 is 0 Å². The summed E-state index contributed by atoms with van der Waals surface area (Å²) in [6.07, 6.45) is 0.532. The van der Waals surface area contributed by atoms with E-state index in [1.165, 1.54) is 0 Å².